The van der Waals surface area contributed by atoms with Crippen molar-refractivity contribution in [3.05, 3.63) is 0 Å². The van der Waals surface area contributed by atoms with E-state index in [-0.39, 0.29) is 24.3 Å². The Morgan fingerprint density at radius 1 is 0.667 bits per heavy atom. The predicted octanol–water partition coefficient (Wildman–Crippen LogP) is 7.34. The molecule has 0 saturated carbocycles. The summed E-state index contributed by atoms with van der Waals surface area (Å²) in [6, 6.07) is 0. The van der Waals surface area contributed by atoms with E-state index in [2.05, 4.69) is 13.8 Å². The lowest BCUT2D eigenvalue weighted by atomic mass is 9.86. The quantitative estimate of drug-likeness (QED) is 0.160. The Bertz CT molecular complexity index is 431. The fourth-order valence-corrected chi connectivity index (χ4v) is 3.53. The first-order valence-corrected chi connectivity index (χ1v) is 12.6. The summed E-state index contributed by atoms with van der Waals surface area (Å²) < 4.78 is 10.8. The van der Waals surface area contributed by atoms with Crippen LogP contribution in [0.5, 0.6) is 0 Å². The van der Waals surface area contributed by atoms with E-state index in [4.69, 9.17) is 9.47 Å². The van der Waals surface area contributed by atoms with Crippen molar-refractivity contribution >= 4 is 11.9 Å². The molecular weight excluding hydrogens is 376 g/mol. The average molecular weight is 427 g/mol. The second-order valence-electron chi connectivity index (χ2n) is 9.86. The van der Waals surface area contributed by atoms with Crippen LogP contribution in [0.4, 0.5) is 0 Å². The fraction of sp³-hybridized carbons (Fsp3) is 0.923. The molecule has 2 unspecified atom stereocenters. The molecule has 178 valence electrons. The molecule has 0 aromatic rings. The molecule has 0 bridgehead atoms. The first-order chi connectivity index (χ1) is 14.3. The maximum absolute atomic E-state index is 12.6. The molecule has 0 rings (SSSR count). The van der Waals surface area contributed by atoms with E-state index in [1.165, 1.54) is 57.8 Å². The van der Waals surface area contributed by atoms with Gasteiger partial charge < -0.3 is 9.47 Å². The first kappa shape index (κ1) is 28.9. The summed E-state index contributed by atoms with van der Waals surface area (Å²) in [5.41, 5.74) is 0. The van der Waals surface area contributed by atoms with Crippen LogP contribution < -0.4 is 0 Å². The molecule has 2 atom stereocenters. The Morgan fingerprint density at radius 3 is 1.63 bits per heavy atom. The summed E-state index contributed by atoms with van der Waals surface area (Å²) >= 11 is 0. The van der Waals surface area contributed by atoms with Gasteiger partial charge in [0, 0.05) is 0 Å². The number of esters is 2. The summed E-state index contributed by atoms with van der Waals surface area (Å²) in [4.78, 5) is 24.8. The molecule has 0 fully saturated rings. The number of hydrogen-bond donors (Lipinski definition) is 0. The van der Waals surface area contributed by atoms with Crippen LogP contribution >= 0.6 is 0 Å². The van der Waals surface area contributed by atoms with Crippen LogP contribution in [0.2, 0.25) is 0 Å². The van der Waals surface area contributed by atoms with Crippen LogP contribution in [0.25, 0.3) is 0 Å². The van der Waals surface area contributed by atoms with E-state index in [0.717, 1.165) is 12.8 Å². The summed E-state index contributed by atoms with van der Waals surface area (Å²) in [5, 5.41) is 0. The van der Waals surface area contributed by atoms with E-state index in [9.17, 15) is 9.59 Å². The standard InChI is InChI=1S/C26H50O4/c1-7-8-9-10-11-12-13-14-15-16-17-23(6)24(26(28)30-20-22(4)5)18-25(27)29-19-21(2)3/h21-24H,7-20H2,1-6H3. The van der Waals surface area contributed by atoms with Crippen molar-refractivity contribution in [3.63, 3.8) is 0 Å². The molecule has 0 aliphatic heterocycles. The van der Waals surface area contributed by atoms with Gasteiger partial charge in [-0.05, 0) is 24.2 Å². The number of hydrogen-bond acceptors (Lipinski definition) is 4. The number of ether oxygens (including phenoxy) is 2. The van der Waals surface area contributed by atoms with Crippen LogP contribution in [0, 0.1) is 23.7 Å². The maximum atomic E-state index is 12.6. The Kier molecular flexibility index (Phi) is 18.0. The van der Waals surface area contributed by atoms with E-state index >= 15 is 0 Å². The van der Waals surface area contributed by atoms with E-state index in [0.29, 0.717) is 25.0 Å². The maximum Gasteiger partial charge on any atom is 0.309 e. The average Bonchev–Trinajstić information content (AvgIpc) is 2.69. The molecule has 0 amide bonds. The highest BCUT2D eigenvalue weighted by molar-refractivity contribution is 5.80. The number of carbonyl (C=O) groups excluding carboxylic acids is 2. The van der Waals surface area contributed by atoms with Gasteiger partial charge in [0.1, 0.15) is 0 Å². The molecule has 30 heavy (non-hydrogen) atoms. The van der Waals surface area contributed by atoms with Gasteiger partial charge in [-0.3, -0.25) is 9.59 Å². The largest absolute Gasteiger partial charge is 0.465 e. The minimum Gasteiger partial charge on any atom is -0.465 e. The molecule has 0 heterocycles. The van der Waals surface area contributed by atoms with Crippen LogP contribution in [-0.4, -0.2) is 25.2 Å². The lowest BCUT2D eigenvalue weighted by Crippen LogP contribution is -2.29. The summed E-state index contributed by atoms with van der Waals surface area (Å²) in [6.45, 7) is 13.2. The molecule has 0 saturated heterocycles. The Morgan fingerprint density at radius 2 is 1.13 bits per heavy atom. The summed E-state index contributed by atoms with van der Waals surface area (Å²) in [7, 11) is 0. The zero-order chi connectivity index (χ0) is 22.8. The Hall–Kier alpha value is -1.06. The lowest BCUT2D eigenvalue weighted by Gasteiger charge is -2.22. The normalized spacial score (nSPS) is 13.5. The Labute approximate surface area is 186 Å². The van der Waals surface area contributed by atoms with E-state index in [1.54, 1.807) is 0 Å². The molecule has 4 heteroatoms. The zero-order valence-corrected chi connectivity index (χ0v) is 20.8. The van der Waals surface area contributed by atoms with Gasteiger partial charge in [0.05, 0.1) is 25.6 Å². The number of unbranched alkanes of at least 4 members (excludes halogenated alkanes) is 9. The third kappa shape index (κ3) is 16.7. The first-order valence-electron chi connectivity index (χ1n) is 12.6. The molecule has 0 aliphatic rings. The molecule has 4 nitrogen and oxygen atoms in total. The van der Waals surface area contributed by atoms with Crippen molar-refractivity contribution in [2.24, 2.45) is 23.7 Å². The van der Waals surface area contributed by atoms with Crippen molar-refractivity contribution in [1.29, 1.82) is 0 Å². The minimum atomic E-state index is -0.401. The molecule has 0 aromatic heterocycles. The van der Waals surface area contributed by atoms with Crippen molar-refractivity contribution in [2.75, 3.05) is 13.2 Å². The summed E-state index contributed by atoms with van der Waals surface area (Å²) in [6.07, 6.45) is 14.1. The van der Waals surface area contributed by atoms with Gasteiger partial charge in [-0.25, -0.2) is 0 Å². The van der Waals surface area contributed by atoms with Gasteiger partial charge in [-0.2, -0.15) is 0 Å². The van der Waals surface area contributed by atoms with Gasteiger partial charge in [-0.15, -0.1) is 0 Å². The highest BCUT2D eigenvalue weighted by Gasteiger charge is 2.29. The van der Waals surface area contributed by atoms with Gasteiger partial charge in [0.25, 0.3) is 0 Å². The SMILES string of the molecule is CCCCCCCCCCCCC(C)C(CC(=O)OCC(C)C)C(=O)OCC(C)C. The molecule has 0 aromatic carbocycles. The van der Waals surface area contributed by atoms with Crippen molar-refractivity contribution in [1.82, 2.24) is 0 Å². The highest BCUT2D eigenvalue weighted by atomic mass is 16.5. The minimum absolute atomic E-state index is 0.128. The molecule has 0 N–H and O–H groups in total. The van der Waals surface area contributed by atoms with Gasteiger partial charge >= 0.3 is 11.9 Å². The highest BCUT2D eigenvalue weighted by Crippen LogP contribution is 2.25. The number of carbonyl (C=O) groups is 2. The third-order valence-corrected chi connectivity index (χ3v) is 5.53. The Balaban J connectivity index is 4.29. The van der Waals surface area contributed by atoms with Crippen LogP contribution in [0.15, 0.2) is 0 Å². The van der Waals surface area contributed by atoms with Gasteiger partial charge in [-0.1, -0.05) is 106 Å². The lowest BCUT2D eigenvalue weighted by molar-refractivity contribution is -0.158. The van der Waals surface area contributed by atoms with E-state index in [1.807, 2.05) is 27.7 Å². The van der Waals surface area contributed by atoms with E-state index < -0.39 is 5.92 Å². The van der Waals surface area contributed by atoms with Crippen molar-refractivity contribution in [2.45, 2.75) is 119 Å². The van der Waals surface area contributed by atoms with Gasteiger partial charge in [0.15, 0.2) is 0 Å². The van der Waals surface area contributed by atoms with Crippen molar-refractivity contribution < 1.29 is 19.1 Å². The number of rotatable bonds is 19. The smallest absolute Gasteiger partial charge is 0.309 e. The second-order valence-corrected chi connectivity index (χ2v) is 9.86. The van der Waals surface area contributed by atoms with Crippen molar-refractivity contribution in [3.8, 4) is 0 Å². The molecular formula is C26H50O4. The zero-order valence-electron chi connectivity index (χ0n) is 20.8. The van der Waals surface area contributed by atoms with Gasteiger partial charge in [0.2, 0.25) is 0 Å². The third-order valence-electron chi connectivity index (χ3n) is 5.53. The predicted molar refractivity (Wildman–Crippen MR) is 125 cm³/mol. The fourth-order valence-electron chi connectivity index (χ4n) is 3.53. The topological polar surface area (TPSA) is 52.6 Å². The van der Waals surface area contributed by atoms with Crippen LogP contribution in [0.3, 0.4) is 0 Å². The molecule has 0 aliphatic carbocycles. The van der Waals surface area contributed by atoms with Crippen LogP contribution in [-0.2, 0) is 19.1 Å². The monoisotopic (exact) mass is 426 g/mol. The second kappa shape index (κ2) is 18.7. The molecule has 0 spiro atoms. The summed E-state index contributed by atoms with van der Waals surface area (Å²) in [5.74, 6) is -0.216. The molecule has 0 radical (unpaired) electrons. The van der Waals surface area contributed by atoms with Crippen LogP contribution in [0.1, 0.15) is 119 Å².